The molecule has 0 aromatic heterocycles. The molecule has 3 aliphatic carbocycles. The molecule has 1 N–H and O–H groups in total. The van der Waals surface area contributed by atoms with Gasteiger partial charge in [0, 0.05) is 17.6 Å². The number of fused-ring (bicyclic) bond motifs is 3. The Kier molecular flexibility index (Phi) is 3.36. The first-order valence-corrected chi connectivity index (χ1v) is 9.50. The molecule has 4 aliphatic rings. The monoisotopic (exact) mass is 344 g/mol. The molecule has 4 atom stereocenters. The molecule has 4 unspecified atom stereocenters. The Hall–Kier alpha value is -1.58. The summed E-state index contributed by atoms with van der Waals surface area (Å²) in [6.07, 6.45) is 7.12. The van der Waals surface area contributed by atoms with Crippen LogP contribution >= 0.6 is 0 Å². The zero-order chi connectivity index (χ0) is 18.2. The summed E-state index contributed by atoms with van der Waals surface area (Å²) in [5.74, 6) is -0.285. The van der Waals surface area contributed by atoms with Crippen LogP contribution in [0.5, 0.6) is 0 Å². The lowest BCUT2D eigenvalue weighted by atomic mass is 9.44. The normalized spacial score (nSPS) is 42.8. The molecule has 0 aromatic rings. The Morgan fingerprint density at radius 1 is 1.08 bits per heavy atom. The third-order valence-corrected chi connectivity index (χ3v) is 7.75. The lowest BCUT2D eigenvalue weighted by Crippen LogP contribution is -2.60. The van der Waals surface area contributed by atoms with Crippen molar-refractivity contribution >= 4 is 11.6 Å². The maximum atomic E-state index is 12.5. The summed E-state index contributed by atoms with van der Waals surface area (Å²) < 4.78 is 6.25. The number of aliphatic hydroxyl groups is 1. The van der Waals surface area contributed by atoms with Crippen LogP contribution in [0.1, 0.15) is 66.2 Å². The topological polar surface area (TPSA) is 63.6 Å². The summed E-state index contributed by atoms with van der Waals surface area (Å²) in [5, 5.41) is 9.83. The number of ketones is 2. The van der Waals surface area contributed by atoms with E-state index in [-0.39, 0.29) is 28.3 Å². The minimum atomic E-state index is -0.447. The van der Waals surface area contributed by atoms with Crippen molar-refractivity contribution in [2.24, 2.45) is 22.7 Å². The lowest BCUT2D eigenvalue weighted by Gasteiger charge is -2.63. The molecule has 0 bridgehead atoms. The van der Waals surface area contributed by atoms with Gasteiger partial charge in [0.05, 0.1) is 0 Å². The molecule has 4 heteroatoms. The van der Waals surface area contributed by atoms with Gasteiger partial charge in [0.2, 0.25) is 11.6 Å². The minimum Gasteiger partial charge on any atom is -0.504 e. The molecule has 1 aliphatic heterocycles. The molecule has 25 heavy (non-hydrogen) atoms. The van der Waals surface area contributed by atoms with E-state index in [0.717, 1.165) is 25.3 Å². The van der Waals surface area contributed by atoms with Crippen molar-refractivity contribution in [3.63, 3.8) is 0 Å². The highest BCUT2D eigenvalue weighted by atomic mass is 16.5. The van der Waals surface area contributed by atoms with E-state index in [1.54, 1.807) is 0 Å². The van der Waals surface area contributed by atoms with Gasteiger partial charge in [-0.25, -0.2) is 0 Å². The van der Waals surface area contributed by atoms with Crippen LogP contribution in [0.4, 0.5) is 0 Å². The highest BCUT2D eigenvalue weighted by Crippen LogP contribution is 2.65. The first kappa shape index (κ1) is 16.9. The van der Waals surface area contributed by atoms with E-state index in [2.05, 4.69) is 27.7 Å². The van der Waals surface area contributed by atoms with Crippen LogP contribution in [0, 0.1) is 22.7 Å². The summed E-state index contributed by atoms with van der Waals surface area (Å²) in [7, 11) is 0. The first-order chi connectivity index (χ1) is 11.6. The molecule has 0 amide bonds. The molecule has 4 rings (SSSR count). The summed E-state index contributed by atoms with van der Waals surface area (Å²) in [6, 6.07) is 0. The summed E-state index contributed by atoms with van der Waals surface area (Å²) in [4.78, 5) is 24.8. The van der Waals surface area contributed by atoms with Crippen molar-refractivity contribution in [1.29, 1.82) is 0 Å². The van der Waals surface area contributed by atoms with Crippen LogP contribution in [0.2, 0.25) is 0 Å². The van der Waals surface area contributed by atoms with Crippen LogP contribution in [-0.4, -0.2) is 22.3 Å². The molecule has 0 radical (unpaired) electrons. The van der Waals surface area contributed by atoms with E-state index in [1.165, 1.54) is 12.8 Å². The molecular formula is C21H28O4. The van der Waals surface area contributed by atoms with Crippen molar-refractivity contribution in [3.8, 4) is 0 Å². The maximum absolute atomic E-state index is 12.5. The second-order valence-electron chi connectivity index (χ2n) is 9.64. The lowest BCUT2D eigenvalue weighted by molar-refractivity contribution is -0.186. The van der Waals surface area contributed by atoms with Gasteiger partial charge in [-0.15, -0.1) is 0 Å². The Labute approximate surface area is 149 Å². The quantitative estimate of drug-likeness (QED) is 0.667. The molecule has 0 aromatic carbocycles. The maximum Gasteiger partial charge on any atom is 0.227 e. The third kappa shape index (κ3) is 2.18. The minimum absolute atomic E-state index is 0.0907. The molecule has 0 spiro atoms. The average molecular weight is 344 g/mol. The molecular weight excluding hydrogens is 316 g/mol. The number of carbonyl (C=O) groups excluding carboxylic acids is 2. The van der Waals surface area contributed by atoms with E-state index in [0.29, 0.717) is 17.9 Å². The van der Waals surface area contributed by atoms with Gasteiger partial charge < -0.3 is 9.84 Å². The fourth-order valence-corrected chi connectivity index (χ4v) is 6.57. The average Bonchev–Trinajstić information content (AvgIpc) is 2.50. The fourth-order valence-electron chi connectivity index (χ4n) is 6.57. The van der Waals surface area contributed by atoms with E-state index in [4.69, 9.17) is 4.74 Å². The number of rotatable bonds is 0. The summed E-state index contributed by atoms with van der Waals surface area (Å²) in [6.45, 7) is 9.22. The SMILES string of the molecule is CC1(C)CCCC2(C)C1CCC1(C)OC3=C(CC12)C(=O)C(O)=CC3=O. The van der Waals surface area contributed by atoms with Crippen LogP contribution in [-0.2, 0) is 14.3 Å². The van der Waals surface area contributed by atoms with Crippen LogP contribution in [0.15, 0.2) is 23.2 Å². The molecule has 1 heterocycles. The first-order valence-electron chi connectivity index (χ1n) is 9.50. The van der Waals surface area contributed by atoms with E-state index >= 15 is 0 Å². The zero-order valence-corrected chi connectivity index (χ0v) is 15.6. The van der Waals surface area contributed by atoms with Gasteiger partial charge in [-0.3, -0.25) is 9.59 Å². The van der Waals surface area contributed by atoms with E-state index < -0.39 is 17.1 Å². The standard InChI is InChI=1S/C21H28O4/c1-19(2)7-5-8-20(3)15(19)6-9-21(4)16(20)10-12-17(24)13(22)11-14(23)18(12)25-21/h11,15-16,22H,5-10H2,1-4H3. The Morgan fingerprint density at radius 3 is 2.52 bits per heavy atom. The van der Waals surface area contributed by atoms with Crippen LogP contribution in [0.3, 0.4) is 0 Å². The Balaban J connectivity index is 1.78. The van der Waals surface area contributed by atoms with Gasteiger partial charge in [-0.1, -0.05) is 27.2 Å². The second kappa shape index (κ2) is 4.99. The van der Waals surface area contributed by atoms with Gasteiger partial charge in [-0.05, 0) is 55.8 Å². The largest absolute Gasteiger partial charge is 0.504 e. The van der Waals surface area contributed by atoms with Gasteiger partial charge in [0.25, 0.3) is 0 Å². The smallest absolute Gasteiger partial charge is 0.227 e. The Bertz CT molecular complexity index is 728. The van der Waals surface area contributed by atoms with Crippen LogP contribution in [0.25, 0.3) is 0 Å². The number of carbonyl (C=O) groups is 2. The third-order valence-electron chi connectivity index (χ3n) is 7.75. The van der Waals surface area contributed by atoms with Crippen molar-refractivity contribution < 1.29 is 19.4 Å². The summed E-state index contributed by atoms with van der Waals surface area (Å²) in [5.41, 5.74) is 0.358. The highest BCUT2D eigenvalue weighted by molar-refractivity contribution is 6.21. The highest BCUT2D eigenvalue weighted by Gasteiger charge is 2.61. The van der Waals surface area contributed by atoms with Crippen molar-refractivity contribution in [1.82, 2.24) is 0 Å². The van der Waals surface area contributed by atoms with Gasteiger partial charge >= 0.3 is 0 Å². The summed E-state index contributed by atoms with van der Waals surface area (Å²) >= 11 is 0. The fraction of sp³-hybridized carbons (Fsp3) is 0.714. The van der Waals surface area contributed by atoms with Crippen molar-refractivity contribution in [2.75, 3.05) is 0 Å². The second-order valence-corrected chi connectivity index (χ2v) is 9.64. The predicted octanol–water partition coefficient (Wildman–Crippen LogP) is 4.26. The number of aliphatic hydroxyl groups excluding tert-OH is 1. The molecule has 2 saturated carbocycles. The predicted molar refractivity (Wildman–Crippen MR) is 93.8 cm³/mol. The number of ether oxygens (including phenoxy) is 1. The van der Waals surface area contributed by atoms with E-state index in [1.807, 2.05) is 0 Å². The molecule has 2 fully saturated rings. The zero-order valence-electron chi connectivity index (χ0n) is 15.6. The van der Waals surface area contributed by atoms with Gasteiger partial charge in [0.1, 0.15) is 5.60 Å². The van der Waals surface area contributed by atoms with E-state index in [9.17, 15) is 14.7 Å². The number of allylic oxidation sites excluding steroid dienone is 2. The number of hydrogen-bond acceptors (Lipinski definition) is 4. The number of hydrogen-bond donors (Lipinski definition) is 1. The van der Waals surface area contributed by atoms with Crippen molar-refractivity contribution in [2.45, 2.75) is 71.8 Å². The molecule has 0 saturated heterocycles. The van der Waals surface area contributed by atoms with Crippen LogP contribution < -0.4 is 0 Å². The molecule has 136 valence electrons. The Morgan fingerprint density at radius 2 is 1.80 bits per heavy atom. The van der Waals surface area contributed by atoms with Gasteiger partial charge in [0.15, 0.2) is 11.5 Å². The van der Waals surface area contributed by atoms with Gasteiger partial charge in [-0.2, -0.15) is 0 Å². The molecule has 4 nitrogen and oxygen atoms in total. The number of Topliss-reactive ketones (excluding diaryl/α,β-unsaturated/α-hetero) is 1. The van der Waals surface area contributed by atoms with Crippen molar-refractivity contribution in [3.05, 3.63) is 23.2 Å².